The van der Waals surface area contributed by atoms with E-state index >= 15 is 0 Å². The molecular weight excluding hydrogens is 280 g/mol. The maximum atomic E-state index is 9.41. The van der Waals surface area contributed by atoms with Crippen molar-refractivity contribution >= 4 is 0 Å². The highest BCUT2D eigenvalue weighted by atomic mass is 14.7. The van der Waals surface area contributed by atoms with Gasteiger partial charge >= 0.3 is 0 Å². The van der Waals surface area contributed by atoms with E-state index in [2.05, 4.69) is 42.2 Å². The molecule has 2 aromatic carbocycles. The summed E-state index contributed by atoms with van der Waals surface area (Å²) < 4.78 is 0. The molecule has 1 aromatic heterocycles. The van der Waals surface area contributed by atoms with Crippen molar-refractivity contribution in [3.8, 4) is 28.5 Å². The molecule has 0 aliphatic heterocycles. The molecule has 3 rings (SSSR count). The first kappa shape index (κ1) is 15.0. The fraction of sp³-hybridized carbons (Fsp3) is 0.143. The topological polar surface area (TPSA) is 36.7 Å². The van der Waals surface area contributed by atoms with Crippen molar-refractivity contribution in [2.24, 2.45) is 0 Å². The van der Waals surface area contributed by atoms with E-state index in [-0.39, 0.29) is 0 Å². The van der Waals surface area contributed by atoms with Crippen LogP contribution >= 0.6 is 0 Å². The lowest BCUT2D eigenvalue weighted by atomic mass is 9.89. The van der Waals surface area contributed by atoms with Crippen molar-refractivity contribution in [1.82, 2.24) is 4.98 Å². The Morgan fingerprint density at radius 1 is 0.783 bits per heavy atom. The standard InChI is InChI=1S/C21H18N2/c1-14-10-11-18(16(3)20(14)13-22)17-7-6-8-19(15(17)2)21-9-4-5-12-23-21/h4-12H,1-3H3. The van der Waals surface area contributed by atoms with Gasteiger partial charge in [-0.05, 0) is 60.7 Å². The molecule has 0 fully saturated rings. The quantitative estimate of drug-likeness (QED) is 0.651. The lowest BCUT2D eigenvalue weighted by Gasteiger charge is -2.15. The number of aryl methyl sites for hydroxylation is 1. The van der Waals surface area contributed by atoms with Gasteiger partial charge in [-0.15, -0.1) is 0 Å². The normalized spacial score (nSPS) is 10.3. The minimum absolute atomic E-state index is 0.769. The number of hydrogen-bond acceptors (Lipinski definition) is 2. The molecule has 0 radical (unpaired) electrons. The Hall–Kier alpha value is -2.92. The van der Waals surface area contributed by atoms with Crippen molar-refractivity contribution in [1.29, 1.82) is 5.26 Å². The zero-order valence-electron chi connectivity index (χ0n) is 13.6. The summed E-state index contributed by atoms with van der Waals surface area (Å²) in [5.74, 6) is 0. The number of aromatic nitrogens is 1. The maximum absolute atomic E-state index is 9.41. The number of nitriles is 1. The number of nitrogens with zero attached hydrogens (tertiary/aromatic N) is 2. The van der Waals surface area contributed by atoms with Crippen LogP contribution in [0.4, 0.5) is 0 Å². The summed E-state index contributed by atoms with van der Waals surface area (Å²) in [6.45, 7) is 6.12. The second-order valence-corrected chi connectivity index (χ2v) is 5.73. The molecule has 0 saturated carbocycles. The lowest BCUT2D eigenvalue weighted by Crippen LogP contribution is -1.95. The maximum Gasteiger partial charge on any atom is 0.0997 e. The predicted molar refractivity (Wildman–Crippen MR) is 94.0 cm³/mol. The molecule has 0 bridgehead atoms. The molecule has 0 unspecified atom stereocenters. The highest BCUT2D eigenvalue weighted by molar-refractivity contribution is 5.79. The van der Waals surface area contributed by atoms with Crippen LogP contribution in [0.25, 0.3) is 22.4 Å². The van der Waals surface area contributed by atoms with E-state index in [1.165, 1.54) is 5.56 Å². The van der Waals surface area contributed by atoms with Gasteiger partial charge in [0, 0.05) is 11.8 Å². The Morgan fingerprint density at radius 3 is 2.22 bits per heavy atom. The van der Waals surface area contributed by atoms with E-state index in [1.807, 2.05) is 44.3 Å². The van der Waals surface area contributed by atoms with Crippen LogP contribution in [0.3, 0.4) is 0 Å². The lowest BCUT2D eigenvalue weighted by molar-refractivity contribution is 1.29. The molecule has 0 N–H and O–H groups in total. The summed E-state index contributed by atoms with van der Waals surface area (Å²) in [5, 5.41) is 9.41. The van der Waals surface area contributed by atoms with E-state index in [0.29, 0.717) is 0 Å². The van der Waals surface area contributed by atoms with Crippen LogP contribution in [0.15, 0.2) is 54.7 Å². The van der Waals surface area contributed by atoms with Gasteiger partial charge in [-0.25, -0.2) is 0 Å². The van der Waals surface area contributed by atoms with Gasteiger partial charge in [-0.3, -0.25) is 4.98 Å². The third-order valence-electron chi connectivity index (χ3n) is 4.35. The van der Waals surface area contributed by atoms with Crippen LogP contribution in [0.2, 0.25) is 0 Å². The van der Waals surface area contributed by atoms with E-state index < -0.39 is 0 Å². The van der Waals surface area contributed by atoms with Gasteiger partial charge in [0.2, 0.25) is 0 Å². The third-order valence-corrected chi connectivity index (χ3v) is 4.35. The second-order valence-electron chi connectivity index (χ2n) is 5.73. The molecular formula is C21H18N2. The summed E-state index contributed by atoms with van der Waals surface area (Å²) in [4.78, 5) is 4.46. The predicted octanol–water partition coefficient (Wildman–Crippen LogP) is 5.21. The van der Waals surface area contributed by atoms with Crippen LogP contribution in [0, 0.1) is 32.1 Å². The summed E-state index contributed by atoms with van der Waals surface area (Å²) in [7, 11) is 0. The first-order valence-electron chi connectivity index (χ1n) is 7.65. The highest BCUT2D eigenvalue weighted by Gasteiger charge is 2.13. The summed E-state index contributed by atoms with van der Waals surface area (Å²) in [6, 6.07) is 18.7. The third kappa shape index (κ3) is 2.62. The smallest absolute Gasteiger partial charge is 0.0997 e. The molecule has 2 heteroatoms. The van der Waals surface area contributed by atoms with Gasteiger partial charge in [0.05, 0.1) is 17.3 Å². The first-order valence-corrected chi connectivity index (χ1v) is 7.65. The van der Waals surface area contributed by atoms with Gasteiger partial charge in [-0.2, -0.15) is 5.26 Å². The van der Waals surface area contributed by atoms with Gasteiger partial charge in [0.1, 0.15) is 0 Å². The Kier molecular flexibility index (Phi) is 3.95. The van der Waals surface area contributed by atoms with Crippen LogP contribution < -0.4 is 0 Å². The first-order chi connectivity index (χ1) is 11.1. The average Bonchev–Trinajstić information content (AvgIpc) is 2.57. The minimum atomic E-state index is 0.769. The average molecular weight is 298 g/mol. The fourth-order valence-corrected chi connectivity index (χ4v) is 3.04. The van der Waals surface area contributed by atoms with Crippen LogP contribution in [-0.4, -0.2) is 4.98 Å². The van der Waals surface area contributed by atoms with Crippen molar-refractivity contribution < 1.29 is 0 Å². The Morgan fingerprint density at radius 2 is 1.52 bits per heavy atom. The largest absolute Gasteiger partial charge is 0.256 e. The molecule has 0 saturated heterocycles. The molecule has 0 atom stereocenters. The zero-order chi connectivity index (χ0) is 16.4. The van der Waals surface area contributed by atoms with Crippen molar-refractivity contribution in [3.05, 3.63) is 77.0 Å². The van der Waals surface area contributed by atoms with Crippen LogP contribution in [0.5, 0.6) is 0 Å². The van der Waals surface area contributed by atoms with Crippen molar-refractivity contribution in [3.63, 3.8) is 0 Å². The van der Waals surface area contributed by atoms with E-state index in [9.17, 15) is 5.26 Å². The fourth-order valence-electron chi connectivity index (χ4n) is 3.04. The number of rotatable bonds is 2. The number of pyridine rings is 1. The monoisotopic (exact) mass is 298 g/mol. The van der Waals surface area contributed by atoms with Gasteiger partial charge in [-0.1, -0.05) is 36.4 Å². The molecule has 0 amide bonds. The van der Waals surface area contributed by atoms with Crippen LogP contribution in [-0.2, 0) is 0 Å². The van der Waals surface area contributed by atoms with Gasteiger partial charge in [0.25, 0.3) is 0 Å². The Balaban J connectivity index is 2.22. The van der Waals surface area contributed by atoms with Gasteiger partial charge in [0.15, 0.2) is 0 Å². The molecule has 0 aliphatic carbocycles. The Bertz CT molecular complexity index is 903. The van der Waals surface area contributed by atoms with Crippen LogP contribution in [0.1, 0.15) is 22.3 Å². The van der Waals surface area contributed by atoms with Crippen molar-refractivity contribution in [2.45, 2.75) is 20.8 Å². The summed E-state index contributed by atoms with van der Waals surface area (Å²) >= 11 is 0. The van der Waals surface area contributed by atoms with E-state index in [0.717, 1.165) is 39.1 Å². The second kappa shape index (κ2) is 6.06. The number of benzene rings is 2. The Labute approximate surface area is 137 Å². The summed E-state index contributed by atoms with van der Waals surface area (Å²) in [5.41, 5.74) is 8.37. The van der Waals surface area contributed by atoms with E-state index in [4.69, 9.17) is 0 Å². The molecule has 2 nitrogen and oxygen atoms in total. The SMILES string of the molecule is Cc1ccc(-c2cccc(-c3ccccn3)c2C)c(C)c1C#N. The molecule has 112 valence electrons. The van der Waals surface area contributed by atoms with E-state index in [1.54, 1.807) is 0 Å². The van der Waals surface area contributed by atoms with Crippen molar-refractivity contribution in [2.75, 3.05) is 0 Å². The van der Waals surface area contributed by atoms with Gasteiger partial charge < -0.3 is 0 Å². The molecule has 1 heterocycles. The zero-order valence-corrected chi connectivity index (χ0v) is 13.6. The highest BCUT2D eigenvalue weighted by Crippen LogP contribution is 2.34. The minimum Gasteiger partial charge on any atom is -0.256 e. The molecule has 0 aliphatic rings. The molecule has 23 heavy (non-hydrogen) atoms. The molecule has 3 aromatic rings. The summed E-state index contributed by atoms with van der Waals surface area (Å²) in [6.07, 6.45) is 1.81. The number of hydrogen-bond donors (Lipinski definition) is 0. The molecule has 0 spiro atoms.